The third-order valence-electron chi connectivity index (χ3n) is 5.26. The number of benzene rings is 2. The van der Waals surface area contributed by atoms with Gasteiger partial charge in [0.15, 0.2) is 5.82 Å². The fraction of sp³-hybridized carbons (Fsp3) is 0.192. The van der Waals surface area contributed by atoms with Crippen molar-refractivity contribution in [2.24, 2.45) is 0 Å². The number of aromatic nitrogens is 4. The highest BCUT2D eigenvalue weighted by Gasteiger charge is 2.10. The Labute approximate surface area is 201 Å². The maximum absolute atomic E-state index is 13.7. The molecule has 2 aromatic heterocycles. The van der Waals surface area contributed by atoms with Crippen molar-refractivity contribution in [1.82, 2.24) is 25.5 Å². The highest BCUT2D eigenvalue weighted by molar-refractivity contribution is 5.76. The highest BCUT2D eigenvalue weighted by atomic mass is 19.1. The van der Waals surface area contributed by atoms with Gasteiger partial charge in [-0.3, -0.25) is 14.6 Å². The second kappa shape index (κ2) is 11.6. The molecule has 0 atom stereocenters. The normalized spacial score (nSPS) is 10.7. The Morgan fingerprint density at radius 3 is 2.51 bits per heavy atom. The molecule has 0 bridgehead atoms. The molecule has 8 nitrogen and oxygen atoms in total. The predicted molar refractivity (Wildman–Crippen MR) is 128 cm³/mol. The summed E-state index contributed by atoms with van der Waals surface area (Å²) in [5.41, 5.74) is 1.81. The van der Waals surface area contributed by atoms with Gasteiger partial charge >= 0.3 is 0 Å². The van der Waals surface area contributed by atoms with E-state index < -0.39 is 5.56 Å². The Hall–Kier alpha value is -4.40. The molecule has 9 heteroatoms. The number of carbonyl (C=O) groups is 1. The van der Waals surface area contributed by atoms with Crippen LogP contribution >= 0.6 is 0 Å². The highest BCUT2D eigenvalue weighted by Crippen LogP contribution is 2.20. The molecule has 0 aliphatic heterocycles. The summed E-state index contributed by atoms with van der Waals surface area (Å²) in [5, 5.41) is 10.9. The molecular formula is C26H24FN5O3. The van der Waals surface area contributed by atoms with E-state index >= 15 is 0 Å². The van der Waals surface area contributed by atoms with Crippen molar-refractivity contribution in [2.75, 3.05) is 6.54 Å². The summed E-state index contributed by atoms with van der Waals surface area (Å²) < 4.78 is 19.3. The van der Waals surface area contributed by atoms with Crippen molar-refractivity contribution in [2.45, 2.75) is 25.9 Å². The number of ether oxygens (including phenoxy) is 1. The lowest BCUT2D eigenvalue weighted by Gasteiger charge is -2.08. The van der Waals surface area contributed by atoms with Gasteiger partial charge in [-0.05, 0) is 42.5 Å². The van der Waals surface area contributed by atoms with Gasteiger partial charge in [-0.25, -0.2) is 4.39 Å². The van der Waals surface area contributed by atoms with Gasteiger partial charge in [-0.15, -0.1) is 10.2 Å². The SMILES string of the molecule is O=C(CCc1nnc(-c2ccc(OCc3ccccc3F)cc2)[nH]c1=O)NCCc1ccccn1. The molecule has 0 radical (unpaired) electrons. The second-order valence-electron chi connectivity index (χ2n) is 7.77. The topological polar surface area (TPSA) is 110 Å². The number of H-pyrrole nitrogens is 1. The van der Waals surface area contributed by atoms with Crippen molar-refractivity contribution >= 4 is 5.91 Å². The molecule has 0 saturated heterocycles. The first-order valence-corrected chi connectivity index (χ1v) is 11.2. The number of halogens is 1. The second-order valence-corrected chi connectivity index (χ2v) is 7.77. The first kappa shape index (κ1) is 23.7. The molecule has 0 spiro atoms. The maximum atomic E-state index is 13.7. The summed E-state index contributed by atoms with van der Waals surface area (Å²) in [6.07, 6.45) is 2.66. The minimum absolute atomic E-state index is 0.105. The van der Waals surface area contributed by atoms with Crippen LogP contribution in [0.2, 0.25) is 0 Å². The average Bonchev–Trinajstić information content (AvgIpc) is 2.88. The van der Waals surface area contributed by atoms with E-state index in [-0.39, 0.29) is 36.9 Å². The Kier molecular flexibility index (Phi) is 7.90. The molecule has 2 aromatic carbocycles. The fourth-order valence-corrected chi connectivity index (χ4v) is 3.34. The molecule has 0 unspecified atom stereocenters. The van der Waals surface area contributed by atoms with Crippen LogP contribution < -0.4 is 15.6 Å². The minimum atomic E-state index is -0.392. The molecule has 0 aliphatic carbocycles. The molecule has 2 N–H and O–H groups in total. The van der Waals surface area contributed by atoms with Gasteiger partial charge in [-0.1, -0.05) is 24.3 Å². The van der Waals surface area contributed by atoms with E-state index in [1.807, 2.05) is 18.2 Å². The van der Waals surface area contributed by atoms with Gasteiger partial charge in [0.25, 0.3) is 5.56 Å². The summed E-state index contributed by atoms with van der Waals surface area (Å²) in [6, 6.07) is 18.9. The number of hydrogen-bond acceptors (Lipinski definition) is 6. The Morgan fingerprint density at radius 1 is 0.971 bits per heavy atom. The van der Waals surface area contributed by atoms with Crippen LogP contribution in [-0.4, -0.2) is 32.6 Å². The molecule has 0 fully saturated rings. The zero-order valence-electron chi connectivity index (χ0n) is 18.9. The van der Waals surface area contributed by atoms with Gasteiger partial charge in [-0.2, -0.15) is 0 Å². The molecule has 2 heterocycles. The summed E-state index contributed by atoms with van der Waals surface area (Å²) in [7, 11) is 0. The van der Waals surface area contributed by atoms with E-state index in [1.165, 1.54) is 6.07 Å². The summed E-state index contributed by atoms with van der Waals surface area (Å²) >= 11 is 0. The number of hydrogen-bond donors (Lipinski definition) is 2. The van der Waals surface area contributed by atoms with Crippen molar-refractivity contribution in [1.29, 1.82) is 0 Å². The average molecular weight is 474 g/mol. The van der Waals surface area contributed by atoms with Crippen molar-refractivity contribution < 1.29 is 13.9 Å². The molecule has 0 saturated carbocycles. The lowest BCUT2D eigenvalue weighted by molar-refractivity contribution is -0.121. The number of nitrogens with zero attached hydrogens (tertiary/aromatic N) is 3. The Balaban J connectivity index is 1.27. The number of pyridine rings is 1. The van der Waals surface area contributed by atoms with E-state index in [1.54, 1.807) is 48.7 Å². The summed E-state index contributed by atoms with van der Waals surface area (Å²) in [6.45, 7) is 0.574. The predicted octanol–water partition coefficient (Wildman–Crippen LogP) is 3.24. The van der Waals surface area contributed by atoms with Crippen molar-refractivity contribution in [3.05, 3.63) is 106 Å². The maximum Gasteiger partial charge on any atom is 0.273 e. The third-order valence-corrected chi connectivity index (χ3v) is 5.26. The van der Waals surface area contributed by atoms with Crippen LogP contribution in [0.25, 0.3) is 11.4 Å². The molecule has 0 aliphatic rings. The van der Waals surface area contributed by atoms with Gasteiger partial charge < -0.3 is 15.0 Å². The number of carbonyl (C=O) groups excluding carboxylic acids is 1. The standard InChI is InChI=1S/C26H24FN5O3/c27-22-7-2-1-5-19(22)17-35-21-10-8-18(9-11-21)25-30-26(34)23(31-32-25)12-13-24(33)29-16-14-20-6-3-4-15-28-20/h1-11,15H,12-14,16-17H2,(H,29,33)(H,30,32,34). The molecule has 4 aromatic rings. The number of nitrogens with one attached hydrogen (secondary N) is 2. The molecular weight excluding hydrogens is 449 g/mol. The van der Waals surface area contributed by atoms with Gasteiger partial charge in [0.2, 0.25) is 5.91 Å². The van der Waals surface area contributed by atoms with Crippen molar-refractivity contribution in [3.63, 3.8) is 0 Å². The third kappa shape index (κ3) is 6.80. The zero-order valence-corrected chi connectivity index (χ0v) is 18.9. The molecule has 4 rings (SSSR count). The van der Waals surface area contributed by atoms with Crippen LogP contribution in [0.5, 0.6) is 5.75 Å². The monoisotopic (exact) mass is 473 g/mol. The van der Waals surface area contributed by atoms with Crippen molar-refractivity contribution in [3.8, 4) is 17.1 Å². The smallest absolute Gasteiger partial charge is 0.273 e. The Morgan fingerprint density at radius 2 is 1.77 bits per heavy atom. The van der Waals surface area contributed by atoms with E-state index in [9.17, 15) is 14.0 Å². The number of aryl methyl sites for hydroxylation is 1. The van der Waals surface area contributed by atoms with Gasteiger partial charge in [0, 0.05) is 48.8 Å². The van der Waals surface area contributed by atoms with Crippen LogP contribution in [0.15, 0.2) is 77.7 Å². The lowest BCUT2D eigenvalue weighted by Crippen LogP contribution is -2.27. The minimum Gasteiger partial charge on any atom is -0.489 e. The number of aromatic amines is 1. The van der Waals surface area contributed by atoms with Gasteiger partial charge in [0.05, 0.1) is 0 Å². The quantitative estimate of drug-likeness (QED) is 0.366. The lowest BCUT2D eigenvalue weighted by atomic mass is 10.2. The molecule has 1 amide bonds. The van der Waals surface area contributed by atoms with Crippen LogP contribution in [0.1, 0.15) is 23.4 Å². The first-order chi connectivity index (χ1) is 17.1. The van der Waals surface area contributed by atoms with Gasteiger partial charge in [0.1, 0.15) is 23.9 Å². The zero-order chi connectivity index (χ0) is 24.5. The van der Waals surface area contributed by atoms with E-state index in [0.29, 0.717) is 35.7 Å². The fourth-order valence-electron chi connectivity index (χ4n) is 3.34. The van der Waals surface area contributed by atoms with Crippen LogP contribution in [-0.2, 0) is 24.2 Å². The first-order valence-electron chi connectivity index (χ1n) is 11.2. The summed E-state index contributed by atoms with van der Waals surface area (Å²) in [5.74, 6) is 0.369. The molecule has 35 heavy (non-hydrogen) atoms. The summed E-state index contributed by atoms with van der Waals surface area (Å²) in [4.78, 5) is 31.4. The van der Waals surface area contributed by atoms with Crippen LogP contribution in [0.4, 0.5) is 4.39 Å². The van der Waals surface area contributed by atoms with E-state index in [4.69, 9.17) is 4.74 Å². The van der Waals surface area contributed by atoms with E-state index in [0.717, 1.165) is 5.69 Å². The number of amides is 1. The molecule has 178 valence electrons. The van der Waals surface area contributed by atoms with Crippen LogP contribution in [0, 0.1) is 5.82 Å². The Bertz CT molecular complexity index is 1330. The number of rotatable bonds is 10. The van der Waals surface area contributed by atoms with E-state index in [2.05, 4.69) is 25.5 Å². The van der Waals surface area contributed by atoms with Crippen LogP contribution in [0.3, 0.4) is 0 Å². The largest absolute Gasteiger partial charge is 0.489 e.